The van der Waals surface area contributed by atoms with E-state index < -0.39 is 5.97 Å². The maximum absolute atomic E-state index is 10.5. The Morgan fingerprint density at radius 1 is 0.585 bits per heavy atom. The number of amides is 1. The minimum atomic E-state index is -1.12. The van der Waals surface area contributed by atoms with Crippen LogP contribution in [0.5, 0.6) is 0 Å². The van der Waals surface area contributed by atoms with Crippen molar-refractivity contribution in [3.8, 4) is 6.07 Å². The molecule has 4 aromatic carbocycles. The fraction of sp³-hybridized carbons (Fsp3) is 0.136. The first-order valence-corrected chi connectivity index (χ1v) is 17.2. The molecule has 0 spiro atoms. The number of carboxylic acids is 1. The molecule has 272 valence electrons. The van der Waals surface area contributed by atoms with E-state index in [2.05, 4.69) is 16.0 Å². The number of thiocarbonyl (C=S) groups is 1. The maximum Gasteiger partial charge on any atom is 0.248 e. The summed E-state index contributed by atoms with van der Waals surface area (Å²) in [6.07, 6.45) is 7.18. The Morgan fingerprint density at radius 2 is 0.981 bits per heavy atom. The van der Waals surface area contributed by atoms with Crippen molar-refractivity contribution >= 4 is 40.9 Å². The molecular weight excluding hydrogens is 697 g/mol. The molecule has 1 amide bonds. The highest BCUT2D eigenvalue weighted by atomic mass is 32.1. The van der Waals surface area contributed by atoms with Gasteiger partial charge in [-0.15, -0.1) is 4.20 Å². The molecule has 0 unspecified atom stereocenters. The van der Waals surface area contributed by atoms with Crippen LogP contribution in [-0.2, 0) is 12.6 Å². The van der Waals surface area contributed by atoms with E-state index in [0.717, 1.165) is 22.3 Å². The van der Waals surface area contributed by atoms with Crippen molar-refractivity contribution in [1.29, 1.82) is 5.26 Å². The molecule has 0 saturated carbocycles. The summed E-state index contributed by atoms with van der Waals surface area (Å²) in [5.41, 5.74) is 14.6. The molecule has 9 heteroatoms. The molecule has 0 aliphatic heterocycles. The van der Waals surface area contributed by atoms with Crippen LogP contribution in [-0.4, -0.2) is 26.0 Å². The van der Waals surface area contributed by atoms with Crippen LogP contribution in [0.25, 0.3) is 0 Å². The molecule has 7 nitrogen and oxygen atoms in total. The van der Waals surface area contributed by atoms with E-state index >= 15 is 0 Å². The van der Waals surface area contributed by atoms with E-state index in [9.17, 15) is 14.7 Å². The second-order valence-electron chi connectivity index (χ2n) is 11.6. The zero-order valence-electron chi connectivity index (χ0n) is 30.8. The molecule has 0 radical (unpaired) electrons. The number of primary amides is 1. The lowest BCUT2D eigenvalue weighted by Gasteiger charge is -2.03. The molecule has 53 heavy (non-hydrogen) atoms. The minimum Gasteiger partial charge on any atom is -0.545 e. The van der Waals surface area contributed by atoms with Crippen molar-refractivity contribution in [1.82, 2.24) is 9.97 Å². The van der Waals surface area contributed by atoms with Crippen LogP contribution in [0.4, 0.5) is 0 Å². The van der Waals surface area contributed by atoms with Crippen LogP contribution in [0, 0.1) is 52.9 Å². The normalized spacial score (nSPS) is 9.00. The number of hydrogen-bond acceptors (Lipinski definition) is 8. The highest BCUT2D eigenvalue weighted by Crippen LogP contribution is 2.04. The number of carboxylic acid groups (broad SMARTS) is 1. The highest BCUT2D eigenvalue weighted by Gasteiger charge is 1.96. The molecule has 0 bridgehead atoms. The summed E-state index contributed by atoms with van der Waals surface area (Å²) in [5, 5.41) is 18.6. The predicted octanol–water partition coefficient (Wildman–Crippen LogP) is 8.32. The Kier molecular flexibility index (Phi) is 21.9. The van der Waals surface area contributed by atoms with Crippen LogP contribution in [0.2, 0.25) is 0 Å². The zero-order valence-corrected chi connectivity index (χ0v) is 32.4. The average Bonchev–Trinajstić information content (AvgIpc) is 3.14. The lowest BCUT2D eigenvalue weighted by molar-refractivity contribution is -0.255. The van der Waals surface area contributed by atoms with E-state index in [1.807, 2.05) is 133 Å². The Morgan fingerprint density at radius 3 is 1.26 bits per heavy atom. The molecule has 0 saturated heterocycles. The van der Waals surface area contributed by atoms with E-state index in [1.165, 1.54) is 34.4 Å². The number of nitrogens with zero attached hydrogens (tertiary/aromatic N) is 3. The van der Waals surface area contributed by atoms with Crippen molar-refractivity contribution in [3.05, 3.63) is 202 Å². The standard InChI is InChI=1S/C8H9NO.C8H7N.C8H8O2.C8H8S2.2C6H7N/c1-6-2-4-7(5-3-6)8(9)10;1-7-2-4-8(6-9)5-3-7;2*1-6-2-4-7(5-3-6)8(9)10;1-6-2-4-7-5-3-6;1-6-3-2-4-7-5-6/h2-5H,1H3,(H2,9,10);2-5H,1H3;2*2-5H,1H3,(H,9,10);2*2-5H,1H3/p-2. The third-order valence-corrected chi connectivity index (χ3v) is 7.22. The second-order valence-corrected chi connectivity index (χ2v) is 12.6. The van der Waals surface area contributed by atoms with E-state index in [4.69, 9.17) is 35.8 Å². The summed E-state index contributed by atoms with van der Waals surface area (Å²) in [6.45, 7) is 12.0. The van der Waals surface area contributed by atoms with E-state index in [-0.39, 0.29) is 11.5 Å². The van der Waals surface area contributed by atoms with Crippen LogP contribution in [0.3, 0.4) is 0 Å². The van der Waals surface area contributed by atoms with Crippen molar-refractivity contribution in [2.45, 2.75) is 41.5 Å². The summed E-state index contributed by atoms with van der Waals surface area (Å²) >= 11 is 9.64. The van der Waals surface area contributed by atoms with Crippen molar-refractivity contribution in [3.63, 3.8) is 0 Å². The predicted molar refractivity (Wildman–Crippen MR) is 219 cm³/mol. The smallest absolute Gasteiger partial charge is 0.248 e. The molecule has 2 N–H and O–H groups in total. The third kappa shape index (κ3) is 21.7. The fourth-order valence-electron chi connectivity index (χ4n) is 3.60. The van der Waals surface area contributed by atoms with Gasteiger partial charge in [0, 0.05) is 30.4 Å². The third-order valence-electron chi connectivity index (χ3n) is 6.75. The molecule has 6 aromatic rings. The molecule has 0 aliphatic carbocycles. The number of pyridine rings is 2. The van der Waals surface area contributed by atoms with Crippen LogP contribution < -0.4 is 10.8 Å². The Bertz CT molecular complexity index is 1810. The van der Waals surface area contributed by atoms with E-state index in [0.29, 0.717) is 9.76 Å². The number of nitriles is 1. The molecule has 2 aromatic heterocycles. The lowest BCUT2D eigenvalue weighted by atomic mass is 10.1. The quantitative estimate of drug-likeness (QED) is 0.142. The van der Waals surface area contributed by atoms with Gasteiger partial charge in [0.2, 0.25) is 5.91 Å². The van der Waals surface area contributed by atoms with Gasteiger partial charge >= 0.3 is 0 Å². The maximum atomic E-state index is 10.5. The minimum absolute atomic E-state index is 0.227. The molecule has 0 aliphatic rings. The van der Waals surface area contributed by atoms with Gasteiger partial charge in [0.15, 0.2) is 0 Å². The molecule has 6 rings (SSSR count). The van der Waals surface area contributed by atoms with E-state index in [1.54, 1.807) is 42.9 Å². The monoisotopic (exact) mass is 740 g/mol. The summed E-state index contributed by atoms with van der Waals surface area (Å²) in [6, 6.07) is 39.1. The van der Waals surface area contributed by atoms with Gasteiger partial charge in [-0.25, -0.2) is 0 Å². The lowest BCUT2D eigenvalue weighted by Crippen LogP contribution is -2.21. The Labute approximate surface area is 324 Å². The topological polar surface area (TPSA) is 133 Å². The van der Waals surface area contributed by atoms with Gasteiger partial charge in [-0.1, -0.05) is 101 Å². The number of carbonyl (C=O) groups is 2. The largest absolute Gasteiger partial charge is 0.545 e. The number of aryl methyl sites for hydroxylation is 6. The molecule has 2 heterocycles. The zero-order chi connectivity index (χ0) is 39.6. The highest BCUT2D eigenvalue weighted by molar-refractivity contribution is 8.01. The molecule has 0 atom stereocenters. The van der Waals surface area contributed by atoms with Crippen LogP contribution in [0.15, 0.2) is 146 Å². The van der Waals surface area contributed by atoms with Crippen molar-refractivity contribution < 1.29 is 14.7 Å². The van der Waals surface area contributed by atoms with Crippen LogP contribution >= 0.6 is 12.2 Å². The number of aromatic carboxylic acids is 1. The molecule has 0 fully saturated rings. The van der Waals surface area contributed by atoms with Gasteiger partial charge in [0.05, 0.1) is 17.6 Å². The number of rotatable bonds is 3. The van der Waals surface area contributed by atoms with Crippen molar-refractivity contribution in [2.75, 3.05) is 0 Å². The summed E-state index contributed by atoms with van der Waals surface area (Å²) < 4.78 is 0.542. The number of aromatic nitrogens is 2. The van der Waals surface area contributed by atoms with Gasteiger partial charge in [-0.05, 0) is 106 Å². The average molecular weight is 741 g/mol. The summed E-state index contributed by atoms with van der Waals surface area (Å²) in [4.78, 5) is 28.5. The van der Waals surface area contributed by atoms with Gasteiger partial charge in [0.1, 0.15) is 0 Å². The first kappa shape index (κ1) is 44.9. The number of hydrogen-bond donors (Lipinski definition) is 1. The first-order valence-electron chi connectivity index (χ1n) is 16.3. The number of benzene rings is 4. The van der Waals surface area contributed by atoms with Gasteiger partial charge in [-0.2, -0.15) is 5.26 Å². The van der Waals surface area contributed by atoms with Gasteiger partial charge in [-0.3, -0.25) is 14.8 Å². The van der Waals surface area contributed by atoms with Crippen molar-refractivity contribution in [2.24, 2.45) is 5.73 Å². The Balaban J connectivity index is 0.000000320. The summed E-state index contributed by atoms with van der Waals surface area (Å²) in [7, 11) is 0. The SMILES string of the molecule is Cc1ccc(C#N)cc1.Cc1ccc(C(=O)[O-])cc1.Cc1ccc(C(=S)[S-])cc1.Cc1ccc(C(N)=O)cc1.Cc1cccnc1.Cc1ccncc1. The Hall–Kier alpha value is -6.08. The second kappa shape index (κ2) is 25.8. The van der Waals surface area contributed by atoms with Gasteiger partial charge in [0.25, 0.3) is 0 Å². The summed E-state index contributed by atoms with van der Waals surface area (Å²) in [5.74, 6) is -1.50. The number of carbonyl (C=O) groups excluding carboxylic acids is 2. The number of nitrogens with two attached hydrogens (primary N) is 1. The fourth-order valence-corrected chi connectivity index (χ4v) is 3.87. The van der Waals surface area contributed by atoms with Crippen LogP contribution in [0.1, 0.15) is 65.2 Å². The first-order chi connectivity index (χ1) is 25.2. The molecular formula is C44H44N4O3S2-2. The van der Waals surface area contributed by atoms with Gasteiger partial charge < -0.3 is 40.5 Å².